The Balaban J connectivity index is 1.31. The van der Waals surface area contributed by atoms with Crippen molar-refractivity contribution < 1.29 is 9.53 Å². The first-order valence-electron chi connectivity index (χ1n) is 9.43. The van der Waals surface area contributed by atoms with Gasteiger partial charge in [-0.2, -0.15) is 5.10 Å². The first-order valence-corrected chi connectivity index (χ1v) is 11.1. The molecule has 6 nitrogen and oxygen atoms in total. The Bertz CT molecular complexity index is 1160. The Labute approximate surface area is 193 Å². The monoisotopic (exact) mass is 472 g/mol. The number of benzene rings is 2. The Morgan fingerprint density at radius 3 is 2.48 bits per heavy atom. The van der Waals surface area contributed by atoms with Crippen LogP contribution in [0.15, 0.2) is 66.2 Å². The molecule has 0 aliphatic rings. The van der Waals surface area contributed by atoms with E-state index >= 15 is 0 Å². The lowest BCUT2D eigenvalue weighted by molar-refractivity contribution is -0.115. The highest BCUT2D eigenvalue weighted by molar-refractivity contribution is 7.09. The van der Waals surface area contributed by atoms with Crippen LogP contribution in [0.3, 0.4) is 0 Å². The van der Waals surface area contributed by atoms with Gasteiger partial charge in [-0.05, 0) is 42.0 Å². The minimum Gasteiger partial charge on any atom is -0.486 e. The predicted octanol–water partition coefficient (Wildman–Crippen LogP) is 5.45. The number of ether oxygens (including phenoxy) is 1. The molecule has 9 heteroatoms. The first-order chi connectivity index (χ1) is 15.0. The Hall–Kier alpha value is -2.87. The number of halogens is 2. The smallest absolute Gasteiger partial charge is 0.231 e. The molecule has 0 radical (unpaired) electrons. The van der Waals surface area contributed by atoms with Gasteiger partial charge in [-0.1, -0.05) is 35.3 Å². The summed E-state index contributed by atoms with van der Waals surface area (Å²) in [6.07, 6.45) is 1.82. The summed E-state index contributed by atoms with van der Waals surface area (Å²) >= 11 is 13.3. The van der Waals surface area contributed by atoms with Crippen molar-refractivity contribution in [3.05, 3.63) is 92.5 Å². The number of rotatable bonds is 8. The van der Waals surface area contributed by atoms with Gasteiger partial charge in [0, 0.05) is 21.5 Å². The van der Waals surface area contributed by atoms with E-state index in [-0.39, 0.29) is 12.3 Å². The van der Waals surface area contributed by atoms with Crippen LogP contribution in [0.5, 0.6) is 5.75 Å². The average Bonchev–Trinajstić information content (AvgIpc) is 3.38. The van der Waals surface area contributed by atoms with Crippen LogP contribution in [0.4, 0.5) is 5.82 Å². The number of thiazole rings is 1. The summed E-state index contributed by atoms with van der Waals surface area (Å²) in [5.74, 6) is 1.18. The SMILES string of the molecule is O=C(Cc1csc(COc2ccc(Cl)cc2)n1)Nc1ccnn1Cc1ccc(Cl)cc1. The fourth-order valence-electron chi connectivity index (χ4n) is 2.85. The topological polar surface area (TPSA) is 69.0 Å². The van der Waals surface area contributed by atoms with Crippen LogP contribution < -0.4 is 10.1 Å². The lowest BCUT2D eigenvalue weighted by atomic mass is 10.2. The van der Waals surface area contributed by atoms with Gasteiger partial charge >= 0.3 is 0 Å². The lowest BCUT2D eigenvalue weighted by Gasteiger charge is -2.09. The minimum absolute atomic E-state index is 0.159. The van der Waals surface area contributed by atoms with E-state index in [0.29, 0.717) is 40.5 Å². The van der Waals surface area contributed by atoms with Gasteiger partial charge < -0.3 is 10.1 Å². The summed E-state index contributed by atoms with van der Waals surface area (Å²) in [6, 6.07) is 16.4. The zero-order valence-electron chi connectivity index (χ0n) is 16.3. The second-order valence-electron chi connectivity index (χ2n) is 6.70. The van der Waals surface area contributed by atoms with Gasteiger partial charge in [0.15, 0.2) is 0 Å². The molecule has 1 amide bonds. The number of amides is 1. The summed E-state index contributed by atoms with van der Waals surface area (Å²) in [5, 5.41) is 11.2. The molecular formula is C22H18Cl2N4O2S. The van der Waals surface area contributed by atoms with Gasteiger partial charge in [-0.25, -0.2) is 9.67 Å². The third kappa shape index (κ3) is 6.07. The van der Waals surface area contributed by atoms with E-state index in [1.165, 1.54) is 11.3 Å². The van der Waals surface area contributed by atoms with Gasteiger partial charge in [-0.3, -0.25) is 4.79 Å². The van der Waals surface area contributed by atoms with Crippen molar-refractivity contribution in [1.29, 1.82) is 0 Å². The molecule has 0 spiro atoms. The zero-order valence-corrected chi connectivity index (χ0v) is 18.6. The van der Waals surface area contributed by atoms with Crippen LogP contribution >= 0.6 is 34.5 Å². The number of hydrogen-bond acceptors (Lipinski definition) is 5. The molecule has 0 atom stereocenters. The number of hydrogen-bond donors (Lipinski definition) is 1. The maximum Gasteiger partial charge on any atom is 0.231 e. The molecule has 2 heterocycles. The Kier molecular flexibility index (Phi) is 6.86. The molecule has 158 valence electrons. The van der Waals surface area contributed by atoms with E-state index in [4.69, 9.17) is 27.9 Å². The van der Waals surface area contributed by atoms with Crippen LogP contribution in [-0.4, -0.2) is 20.7 Å². The van der Waals surface area contributed by atoms with E-state index in [0.717, 1.165) is 10.6 Å². The predicted molar refractivity (Wildman–Crippen MR) is 123 cm³/mol. The van der Waals surface area contributed by atoms with Crippen molar-refractivity contribution in [2.45, 2.75) is 19.6 Å². The van der Waals surface area contributed by atoms with Crippen molar-refractivity contribution in [1.82, 2.24) is 14.8 Å². The summed E-state index contributed by atoms with van der Waals surface area (Å²) in [6.45, 7) is 0.866. The molecule has 4 aromatic rings. The molecule has 0 aliphatic carbocycles. The number of aromatic nitrogens is 3. The Morgan fingerprint density at radius 1 is 1.03 bits per heavy atom. The Morgan fingerprint density at radius 2 is 1.74 bits per heavy atom. The van der Waals surface area contributed by atoms with Gasteiger partial charge in [0.1, 0.15) is 23.2 Å². The highest BCUT2D eigenvalue weighted by Crippen LogP contribution is 2.19. The van der Waals surface area contributed by atoms with Crippen molar-refractivity contribution in [3.8, 4) is 5.75 Å². The van der Waals surface area contributed by atoms with Crippen molar-refractivity contribution >= 4 is 46.3 Å². The normalized spacial score (nSPS) is 10.8. The molecule has 1 N–H and O–H groups in total. The van der Waals surface area contributed by atoms with Crippen LogP contribution in [0.2, 0.25) is 10.0 Å². The summed E-state index contributed by atoms with van der Waals surface area (Å²) in [5.41, 5.74) is 1.73. The highest BCUT2D eigenvalue weighted by atomic mass is 35.5. The first kappa shape index (κ1) is 21.4. The molecule has 0 aliphatic heterocycles. The van der Waals surface area contributed by atoms with E-state index in [1.807, 2.05) is 29.6 Å². The maximum absolute atomic E-state index is 12.5. The summed E-state index contributed by atoms with van der Waals surface area (Å²) in [7, 11) is 0. The van der Waals surface area contributed by atoms with Crippen molar-refractivity contribution in [2.24, 2.45) is 0 Å². The van der Waals surface area contributed by atoms with Gasteiger partial charge in [0.25, 0.3) is 0 Å². The van der Waals surface area contributed by atoms with Crippen LogP contribution in [-0.2, 0) is 24.4 Å². The van der Waals surface area contributed by atoms with E-state index in [1.54, 1.807) is 41.2 Å². The van der Waals surface area contributed by atoms with Gasteiger partial charge in [0.05, 0.1) is 24.9 Å². The molecular weight excluding hydrogens is 455 g/mol. The van der Waals surface area contributed by atoms with Crippen molar-refractivity contribution in [2.75, 3.05) is 5.32 Å². The van der Waals surface area contributed by atoms with E-state index in [2.05, 4.69) is 15.4 Å². The molecule has 2 aromatic heterocycles. The molecule has 0 bridgehead atoms. The fourth-order valence-corrected chi connectivity index (χ4v) is 3.81. The van der Waals surface area contributed by atoms with Crippen LogP contribution in [0.25, 0.3) is 0 Å². The molecule has 4 rings (SSSR count). The lowest BCUT2D eigenvalue weighted by Crippen LogP contribution is -2.18. The molecule has 31 heavy (non-hydrogen) atoms. The number of carbonyl (C=O) groups is 1. The number of anilines is 1. The number of nitrogens with one attached hydrogen (secondary N) is 1. The molecule has 0 fully saturated rings. The molecule has 2 aromatic carbocycles. The van der Waals surface area contributed by atoms with Gasteiger partial charge in [0.2, 0.25) is 5.91 Å². The third-order valence-electron chi connectivity index (χ3n) is 4.35. The maximum atomic E-state index is 12.5. The number of carbonyl (C=O) groups excluding carboxylic acids is 1. The van der Waals surface area contributed by atoms with Crippen molar-refractivity contribution in [3.63, 3.8) is 0 Å². The standard InChI is InChI=1S/C22H18Cl2N4O2S/c23-16-3-1-15(2-4-16)12-28-20(9-10-25-28)27-21(29)11-18-14-31-22(26-18)13-30-19-7-5-17(24)6-8-19/h1-10,14H,11-13H2,(H,27,29). The number of nitrogens with zero attached hydrogens (tertiary/aromatic N) is 3. The second-order valence-corrected chi connectivity index (χ2v) is 8.52. The molecule has 0 unspecified atom stereocenters. The largest absolute Gasteiger partial charge is 0.486 e. The molecule has 0 saturated carbocycles. The highest BCUT2D eigenvalue weighted by Gasteiger charge is 2.11. The van der Waals surface area contributed by atoms with E-state index in [9.17, 15) is 4.79 Å². The van der Waals surface area contributed by atoms with E-state index < -0.39 is 0 Å². The molecule has 0 saturated heterocycles. The average molecular weight is 473 g/mol. The van der Waals surface area contributed by atoms with Gasteiger partial charge in [-0.15, -0.1) is 11.3 Å². The summed E-state index contributed by atoms with van der Waals surface area (Å²) < 4.78 is 7.43. The third-order valence-corrected chi connectivity index (χ3v) is 5.72. The zero-order chi connectivity index (χ0) is 21.6. The van der Waals surface area contributed by atoms with Crippen LogP contribution in [0, 0.1) is 0 Å². The second kappa shape index (κ2) is 9.96. The quantitative estimate of drug-likeness (QED) is 0.369. The van der Waals surface area contributed by atoms with Crippen LogP contribution in [0.1, 0.15) is 16.3 Å². The minimum atomic E-state index is -0.159. The fraction of sp³-hybridized carbons (Fsp3) is 0.136. The summed E-state index contributed by atoms with van der Waals surface area (Å²) in [4.78, 5) is 17.0.